The van der Waals surface area contributed by atoms with E-state index in [4.69, 9.17) is 0 Å². The zero-order valence-corrected chi connectivity index (χ0v) is 10.2. The van der Waals surface area contributed by atoms with Gasteiger partial charge in [-0.05, 0) is 6.92 Å². The van der Waals surface area contributed by atoms with Crippen molar-refractivity contribution in [1.82, 2.24) is 24.9 Å². The molecule has 3 N–H and O–H groups in total. The summed E-state index contributed by atoms with van der Waals surface area (Å²) in [6, 6.07) is 0.533. The molecule has 0 aliphatic heterocycles. The smallest absolute Gasteiger partial charge is 0.246 e. The first-order valence-electron chi connectivity index (χ1n) is 5.05. The van der Waals surface area contributed by atoms with Crippen LogP contribution in [-0.4, -0.2) is 28.6 Å². The molecule has 1 unspecified atom stereocenters. The van der Waals surface area contributed by atoms with Gasteiger partial charge in [0.1, 0.15) is 17.0 Å². The number of nitrogens with one attached hydrogen (secondary N) is 3. The summed E-state index contributed by atoms with van der Waals surface area (Å²) >= 11 is 0. The summed E-state index contributed by atoms with van der Waals surface area (Å²) in [5, 5.41) is 6.18. The van der Waals surface area contributed by atoms with Crippen LogP contribution in [0.3, 0.4) is 0 Å². The van der Waals surface area contributed by atoms with Crippen LogP contribution in [0.5, 0.6) is 0 Å². The van der Waals surface area contributed by atoms with Gasteiger partial charge in [-0.2, -0.15) is 5.10 Å². The number of aromatic nitrogens is 4. The fourth-order valence-electron chi connectivity index (χ4n) is 1.39. The second kappa shape index (κ2) is 4.70. The van der Waals surface area contributed by atoms with Gasteiger partial charge in [0.15, 0.2) is 0 Å². The second-order valence-electron chi connectivity index (χ2n) is 3.59. The lowest BCUT2D eigenvalue weighted by molar-refractivity contribution is 0.559. The molecule has 0 saturated heterocycles. The standard InChI is InChI=1S/C9H11N5O3S/c1-6(9-11-5-12-13-9)14-18(16,17)8-4-10-3-2-7(8)15/h2-6,14H,1H3,(H,10,15)(H,11,12,13). The van der Waals surface area contributed by atoms with Crippen LogP contribution in [-0.2, 0) is 10.0 Å². The Bertz CT molecular complexity index is 676. The number of nitrogens with zero attached hydrogens (tertiary/aromatic N) is 2. The Labute approximate surface area is 103 Å². The van der Waals surface area contributed by atoms with E-state index < -0.39 is 21.5 Å². The molecule has 0 aliphatic carbocycles. The first-order chi connectivity index (χ1) is 8.50. The molecule has 0 amide bonds. The fraction of sp³-hybridized carbons (Fsp3) is 0.222. The Balaban J connectivity index is 2.29. The molecular formula is C9H11N5O3S. The third-order valence-corrected chi connectivity index (χ3v) is 3.82. The highest BCUT2D eigenvalue weighted by Gasteiger charge is 2.22. The molecule has 9 heteroatoms. The van der Waals surface area contributed by atoms with E-state index in [0.717, 1.165) is 12.3 Å². The minimum atomic E-state index is -3.90. The van der Waals surface area contributed by atoms with E-state index in [0.29, 0.717) is 5.82 Å². The van der Waals surface area contributed by atoms with E-state index in [-0.39, 0.29) is 4.90 Å². The van der Waals surface area contributed by atoms with E-state index in [9.17, 15) is 13.2 Å². The molecule has 0 bridgehead atoms. The van der Waals surface area contributed by atoms with Crippen LogP contribution in [0.1, 0.15) is 18.8 Å². The molecule has 2 aromatic rings. The predicted octanol–water partition coefficient (Wildman–Crippen LogP) is -0.468. The van der Waals surface area contributed by atoms with Crippen molar-refractivity contribution < 1.29 is 8.42 Å². The van der Waals surface area contributed by atoms with Crippen LogP contribution in [0.2, 0.25) is 0 Å². The summed E-state index contributed by atoms with van der Waals surface area (Å²) in [4.78, 5) is 17.5. The Morgan fingerprint density at radius 1 is 1.44 bits per heavy atom. The maximum absolute atomic E-state index is 12.0. The van der Waals surface area contributed by atoms with Crippen LogP contribution in [0.25, 0.3) is 0 Å². The second-order valence-corrected chi connectivity index (χ2v) is 5.27. The summed E-state index contributed by atoms with van der Waals surface area (Å²) in [5.41, 5.74) is -0.578. The molecule has 0 spiro atoms. The molecule has 2 heterocycles. The third kappa shape index (κ3) is 2.46. The molecule has 0 aromatic carbocycles. The maximum atomic E-state index is 12.0. The van der Waals surface area contributed by atoms with Gasteiger partial charge in [-0.1, -0.05) is 0 Å². The zero-order chi connectivity index (χ0) is 13.2. The highest BCUT2D eigenvalue weighted by atomic mass is 32.2. The molecule has 1 atom stereocenters. The van der Waals surface area contributed by atoms with Crippen molar-refractivity contribution in [2.45, 2.75) is 17.9 Å². The lowest BCUT2D eigenvalue weighted by Crippen LogP contribution is -2.31. The minimum Gasteiger partial charge on any atom is -0.366 e. The van der Waals surface area contributed by atoms with Crippen LogP contribution >= 0.6 is 0 Å². The van der Waals surface area contributed by atoms with Gasteiger partial charge >= 0.3 is 0 Å². The van der Waals surface area contributed by atoms with Crippen molar-refractivity contribution in [3.8, 4) is 0 Å². The van der Waals surface area contributed by atoms with E-state index in [1.807, 2.05) is 0 Å². The molecule has 0 radical (unpaired) electrons. The number of rotatable bonds is 4. The molecule has 8 nitrogen and oxygen atoms in total. The topological polar surface area (TPSA) is 121 Å². The summed E-state index contributed by atoms with van der Waals surface area (Å²) in [6.45, 7) is 1.59. The lowest BCUT2D eigenvalue weighted by Gasteiger charge is -2.10. The molecule has 2 aromatic heterocycles. The summed E-state index contributed by atoms with van der Waals surface area (Å²) in [5.74, 6) is 0.367. The molecule has 0 aliphatic rings. The summed E-state index contributed by atoms with van der Waals surface area (Å²) in [7, 11) is -3.90. The average molecular weight is 269 g/mol. The van der Waals surface area contributed by atoms with Crippen molar-refractivity contribution in [1.29, 1.82) is 0 Å². The van der Waals surface area contributed by atoms with E-state index >= 15 is 0 Å². The SMILES string of the molecule is CC(NS(=O)(=O)c1c[nH]ccc1=O)c1ncn[nH]1. The van der Waals surface area contributed by atoms with Gasteiger partial charge in [0, 0.05) is 18.5 Å². The highest BCUT2D eigenvalue weighted by Crippen LogP contribution is 2.09. The van der Waals surface area contributed by atoms with Gasteiger partial charge in [0.05, 0.1) is 6.04 Å². The summed E-state index contributed by atoms with van der Waals surface area (Å²) in [6.07, 6.45) is 3.77. The van der Waals surface area contributed by atoms with Gasteiger partial charge in [0.2, 0.25) is 15.5 Å². The molecule has 2 rings (SSSR count). The predicted molar refractivity (Wildman–Crippen MR) is 62.2 cm³/mol. The van der Waals surface area contributed by atoms with Crippen LogP contribution in [0, 0.1) is 0 Å². The minimum absolute atomic E-state index is 0.337. The van der Waals surface area contributed by atoms with Crippen molar-refractivity contribution in [2.24, 2.45) is 0 Å². The Kier molecular flexibility index (Phi) is 3.26. The number of aromatic amines is 2. The van der Waals surface area contributed by atoms with Crippen LogP contribution in [0.4, 0.5) is 0 Å². The van der Waals surface area contributed by atoms with Crippen molar-refractivity contribution in [3.05, 3.63) is 40.8 Å². The lowest BCUT2D eigenvalue weighted by atomic mass is 10.3. The summed E-state index contributed by atoms with van der Waals surface area (Å²) < 4.78 is 26.3. The number of hydrogen-bond donors (Lipinski definition) is 3. The molecule has 0 saturated carbocycles. The van der Waals surface area contributed by atoms with E-state index in [1.54, 1.807) is 6.92 Å². The molecule has 0 fully saturated rings. The van der Waals surface area contributed by atoms with Gasteiger partial charge < -0.3 is 4.98 Å². The molecular weight excluding hydrogens is 258 g/mol. The van der Waals surface area contributed by atoms with Crippen molar-refractivity contribution in [2.75, 3.05) is 0 Å². The zero-order valence-electron chi connectivity index (χ0n) is 9.41. The highest BCUT2D eigenvalue weighted by molar-refractivity contribution is 7.89. The number of H-pyrrole nitrogens is 2. The number of sulfonamides is 1. The van der Waals surface area contributed by atoms with Crippen molar-refractivity contribution in [3.63, 3.8) is 0 Å². The first kappa shape index (κ1) is 12.5. The average Bonchev–Trinajstić information content (AvgIpc) is 2.82. The molecule has 18 heavy (non-hydrogen) atoms. The van der Waals surface area contributed by atoms with Crippen LogP contribution in [0.15, 0.2) is 34.5 Å². The van der Waals surface area contributed by atoms with Gasteiger partial charge in [-0.3, -0.25) is 9.89 Å². The van der Waals surface area contributed by atoms with Gasteiger partial charge in [-0.25, -0.2) is 18.1 Å². The Morgan fingerprint density at radius 2 is 2.22 bits per heavy atom. The largest absolute Gasteiger partial charge is 0.366 e. The Hall–Kier alpha value is -2.00. The van der Waals surface area contributed by atoms with Crippen LogP contribution < -0.4 is 10.2 Å². The monoisotopic (exact) mass is 269 g/mol. The Morgan fingerprint density at radius 3 is 2.83 bits per heavy atom. The van der Waals surface area contributed by atoms with Gasteiger partial charge in [0.25, 0.3) is 0 Å². The number of hydrogen-bond acceptors (Lipinski definition) is 5. The van der Waals surface area contributed by atoms with E-state index in [1.165, 1.54) is 12.5 Å². The van der Waals surface area contributed by atoms with Gasteiger partial charge in [-0.15, -0.1) is 0 Å². The normalized spacial score (nSPS) is 13.4. The number of pyridine rings is 1. The fourth-order valence-corrected chi connectivity index (χ4v) is 2.65. The van der Waals surface area contributed by atoms with E-state index in [2.05, 4.69) is 24.9 Å². The third-order valence-electron chi connectivity index (χ3n) is 2.25. The molecule has 96 valence electrons. The van der Waals surface area contributed by atoms with Crippen molar-refractivity contribution >= 4 is 10.0 Å². The first-order valence-corrected chi connectivity index (χ1v) is 6.54. The quantitative estimate of drug-likeness (QED) is 0.693. The maximum Gasteiger partial charge on any atom is 0.246 e.